The van der Waals surface area contributed by atoms with E-state index in [1.807, 2.05) is 19.9 Å². The number of rotatable bonds is 8. The highest BCUT2D eigenvalue weighted by molar-refractivity contribution is 7.13. The highest BCUT2D eigenvalue weighted by atomic mass is 32.1. The number of likely N-dealkylation sites (tertiary alicyclic amines) is 1. The number of piperidine rings is 1. The number of carbonyl (C=O) groups excluding carboxylic acids is 2. The van der Waals surface area contributed by atoms with Crippen molar-refractivity contribution in [2.24, 2.45) is 5.92 Å². The second kappa shape index (κ2) is 11.1. The largest absolute Gasteiger partial charge is 0.449 e. The third-order valence-electron chi connectivity index (χ3n) is 4.85. The van der Waals surface area contributed by atoms with E-state index in [1.165, 1.54) is 16.9 Å². The van der Waals surface area contributed by atoms with E-state index in [0.29, 0.717) is 17.4 Å². The van der Waals surface area contributed by atoms with E-state index in [2.05, 4.69) is 44.8 Å². The standard InChI is InChI=1S/C22H30N4O3S/c1-16(2)14-29-22(28)25-21-24-19(15-30-21)12-20(27)23-18-8-10-26(11-9-18)13-17-6-4-3-5-7-17/h3-7,15-16,18H,8-14H2,1-2H3,(H,23,27)(H,24,25,28). The van der Waals surface area contributed by atoms with Gasteiger partial charge in [-0.3, -0.25) is 15.0 Å². The highest BCUT2D eigenvalue weighted by Gasteiger charge is 2.21. The first-order valence-electron chi connectivity index (χ1n) is 10.4. The fourth-order valence-corrected chi connectivity index (χ4v) is 4.03. The first kappa shape index (κ1) is 22.2. The lowest BCUT2D eigenvalue weighted by molar-refractivity contribution is -0.121. The molecule has 1 aliphatic heterocycles. The van der Waals surface area contributed by atoms with Crippen molar-refractivity contribution in [3.63, 3.8) is 0 Å². The van der Waals surface area contributed by atoms with Gasteiger partial charge in [0.15, 0.2) is 5.13 Å². The Morgan fingerprint density at radius 2 is 1.97 bits per heavy atom. The molecule has 2 amide bonds. The Balaban J connectivity index is 1.37. The van der Waals surface area contributed by atoms with Crippen molar-refractivity contribution < 1.29 is 14.3 Å². The summed E-state index contributed by atoms with van der Waals surface area (Å²) < 4.78 is 5.08. The van der Waals surface area contributed by atoms with Crippen molar-refractivity contribution in [1.29, 1.82) is 0 Å². The van der Waals surface area contributed by atoms with Crippen molar-refractivity contribution >= 4 is 28.5 Å². The Kier molecular flexibility index (Phi) is 8.21. The molecule has 2 heterocycles. The van der Waals surface area contributed by atoms with Crippen LogP contribution in [-0.2, 0) is 22.5 Å². The van der Waals surface area contributed by atoms with Crippen LogP contribution in [0.25, 0.3) is 0 Å². The molecule has 1 aliphatic rings. The summed E-state index contributed by atoms with van der Waals surface area (Å²) in [6, 6.07) is 10.7. The fourth-order valence-electron chi connectivity index (χ4n) is 3.33. The summed E-state index contributed by atoms with van der Waals surface area (Å²) in [5, 5.41) is 7.96. The number of hydrogen-bond acceptors (Lipinski definition) is 6. The van der Waals surface area contributed by atoms with E-state index in [9.17, 15) is 9.59 Å². The summed E-state index contributed by atoms with van der Waals surface area (Å²) >= 11 is 1.29. The number of benzene rings is 1. The first-order chi connectivity index (χ1) is 14.5. The lowest BCUT2D eigenvalue weighted by Crippen LogP contribution is -2.44. The van der Waals surface area contributed by atoms with Gasteiger partial charge in [0.05, 0.1) is 18.7 Å². The van der Waals surface area contributed by atoms with Gasteiger partial charge < -0.3 is 10.1 Å². The van der Waals surface area contributed by atoms with Gasteiger partial charge in [-0.25, -0.2) is 9.78 Å². The molecular formula is C22H30N4O3S. The molecule has 2 aromatic rings. The molecule has 1 aromatic carbocycles. The maximum absolute atomic E-state index is 12.4. The summed E-state index contributed by atoms with van der Waals surface area (Å²) in [6.45, 7) is 7.21. The molecule has 1 saturated heterocycles. The normalized spacial score (nSPS) is 15.2. The minimum absolute atomic E-state index is 0.0317. The van der Waals surface area contributed by atoms with Gasteiger partial charge in [0.1, 0.15) is 0 Å². The van der Waals surface area contributed by atoms with Crippen molar-refractivity contribution in [3.8, 4) is 0 Å². The average Bonchev–Trinajstić information content (AvgIpc) is 3.15. The number of hydrogen-bond donors (Lipinski definition) is 2. The molecule has 3 rings (SSSR count). The maximum atomic E-state index is 12.4. The second-order valence-electron chi connectivity index (χ2n) is 8.04. The van der Waals surface area contributed by atoms with Gasteiger partial charge in [-0.1, -0.05) is 44.2 Å². The molecule has 8 heteroatoms. The third-order valence-corrected chi connectivity index (χ3v) is 5.66. The monoisotopic (exact) mass is 430 g/mol. The average molecular weight is 431 g/mol. The summed E-state index contributed by atoms with van der Waals surface area (Å²) in [7, 11) is 0. The first-order valence-corrected chi connectivity index (χ1v) is 11.3. The van der Waals surface area contributed by atoms with E-state index >= 15 is 0 Å². The van der Waals surface area contributed by atoms with Gasteiger partial charge in [-0.05, 0) is 24.3 Å². The minimum atomic E-state index is -0.517. The summed E-state index contributed by atoms with van der Waals surface area (Å²) in [6.07, 6.45) is 1.59. The van der Waals surface area contributed by atoms with E-state index in [-0.39, 0.29) is 24.3 Å². The third kappa shape index (κ3) is 7.42. The van der Waals surface area contributed by atoms with Crippen LogP contribution in [0.5, 0.6) is 0 Å². The van der Waals surface area contributed by atoms with E-state index in [4.69, 9.17) is 4.74 Å². The molecular weight excluding hydrogens is 400 g/mol. The molecule has 0 radical (unpaired) electrons. The number of thiazole rings is 1. The summed E-state index contributed by atoms with van der Waals surface area (Å²) in [4.78, 5) is 30.8. The van der Waals surface area contributed by atoms with Gasteiger partial charge in [-0.2, -0.15) is 0 Å². The van der Waals surface area contributed by atoms with Crippen molar-refractivity contribution in [2.45, 2.75) is 45.7 Å². The molecule has 0 spiro atoms. The zero-order valence-corrected chi connectivity index (χ0v) is 18.4. The topological polar surface area (TPSA) is 83.6 Å². The molecule has 162 valence electrons. The van der Waals surface area contributed by atoms with Crippen LogP contribution < -0.4 is 10.6 Å². The quantitative estimate of drug-likeness (QED) is 0.668. The van der Waals surface area contributed by atoms with E-state index < -0.39 is 6.09 Å². The summed E-state index contributed by atoms with van der Waals surface area (Å²) in [5.41, 5.74) is 1.97. The van der Waals surface area contributed by atoms with Crippen LogP contribution in [-0.4, -0.2) is 47.6 Å². The Morgan fingerprint density at radius 1 is 1.23 bits per heavy atom. The van der Waals surface area contributed by atoms with Gasteiger partial charge in [0, 0.05) is 31.1 Å². The molecule has 0 saturated carbocycles. The van der Waals surface area contributed by atoms with Crippen LogP contribution in [0.15, 0.2) is 35.7 Å². The summed E-state index contributed by atoms with van der Waals surface area (Å²) in [5.74, 6) is 0.243. The highest BCUT2D eigenvalue weighted by Crippen LogP contribution is 2.17. The number of aromatic nitrogens is 1. The molecule has 30 heavy (non-hydrogen) atoms. The van der Waals surface area contributed by atoms with Crippen molar-refractivity contribution in [1.82, 2.24) is 15.2 Å². The van der Waals surface area contributed by atoms with Crippen LogP contribution in [0.3, 0.4) is 0 Å². The molecule has 1 aromatic heterocycles. The number of ether oxygens (including phenoxy) is 1. The van der Waals surface area contributed by atoms with Crippen LogP contribution in [0.2, 0.25) is 0 Å². The van der Waals surface area contributed by atoms with Crippen LogP contribution in [0, 0.1) is 5.92 Å². The zero-order chi connectivity index (χ0) is 21.3. The predicted octanol–water partition coefficient (Wildman–Crippen LogP) is 3.67. The van der Waals surface area contributed by atoms with Gasteiger partial charge in [-0.15, -0.1) is 11.3 Å². The lowest BCUT2D eigenvalue weighted by Gasteiger charge is -2.32. The smallest absolute Gasteiger partial charge is 0.413 e. The van der Waals surface area contributed by atoms with Crippen molar-refractivity contribution in [3.05, 3.63) is 47.0 Å². The number of carbonyl (C=O) groups is 2. The Hall–Kier alpha value is -2.45. The van der Waals surface area contributed by atoms with Crippen LogP contribution >= 0.6 is 11.3 Å². The Morgan fingerprint density at radius 3 is 2.67 bits per heavy atom. The Labute approximate surface area is 181 Å². The number of anilines is 1. The second-order valence-corrected chi connectivity index (χ2v) is 8.90. The van der Waals surface area contributed by atoms with Gasteiger partial charge in [0.2, 0.25) is 5.91 Å². The van der Waals surface area contributed by atoms with Crippen LogP contribution in [0.1, 0.15) is 37.9 Å². The SMILES string of the molecule is CC(C)COC(=O)Nc1nc(CC(=O)NC2CCN(Cc3ccccc3)CC2)cs1. The molecule has 1 fully saturated rings. The minimum Gasteiger partial charge on any atom is -0.449 e. The fraction of sp³-hybridized carbons (Fsp3) is 0.500. The molecule has 7 nitrogen and oxygen atoms in total. The Bertz CT molecular complexity index is 817. The van der Waals surface area contributed by atoms with Crippen molar-refractivity contribution in [2.75, 3.05) is 25.0 Å². The van der Waals surface area contributed by atoms with E-state index in [0.717, 1.165) is 32.5 Å². The predicted molar refractivity (Wildman–Crippen MR) is 119 cm³/mol. The molecule has 0 unspecified atom stereocenters. The molecule has 0 atom stereocenters. The molecule has 0 aliphatic carbocycles. The van der Waals surface area contributed by atoms with Crippen LogP contribution in [0.4, 0.5) is 9.93 Å². The lowest BCUT2D eigenvalue weighted by atomic mass is 10.0. The van der Waals surface area contributed by atoms with Gasteiger partial charge >= 0.3 is 6.09 Å². The molecule has 0 bridgehead atoms. The number of amides is 2. The van der Waals surface area contributed by atoms with Gasteiger partial charge in [0.25, 0.3) is 0 Å². The molecule has 2 N–H and O–H groups in total. The number of nitrogens with one attached hydrogen (secondary N) is 2. The maximum Gasteiger partial charge on any atom is 0.413 e. The van der Waals surface area contributed by atoms with E-state index in [1.54, 1.807) is 5.38 Å². The zero-order valence-electron chi connectivity index (χ0n) is 17.6. The number of nitrogens with zero attached hydrogens (tertiary/aromatic N) is 2.